The number of hydrogen-bond donors (Lipinski definition) is 1. The normalized spacial score (nSPS) is 10.6. The molecule has 0 saturated heterocycles. The molecule has 0 atom stereocenters. The number of rotatable bonds is 4. The van der Waals surface area contributed by atoms with Crippen molar-refractivity contribution < 1.29 is 4.79 Å². The van der Waals surface area contributed by atoms with Gasteiger partial charge in [0.25, 0.3) is 0 Å². The van der Waals surface area contributed by atoms with E-state index >= 15 is 0 Å². The van der Waals surface area contributed by atoms with E-state index in [9.17, 15) is 4.79 Å². The number of nitrogen functional groups attached to an aromatic ring is 1. The number of hydrogen-bond acceptors (Lipinski definition) is 5. The van der Waals surface area contributed by atoms with Crippen LogP contribution in [0.5, 0.6) is 0 Å². The molecule has 0 aliphatic carbocycles. The van der Waals surface area contributed by atoms with Gasteiger partial charge in [0.1, 0.15) is 12.1 Å². The number of likely N-dealkylation sites (N-methyl/N-ethyl adjacent to an activating group) is 2. The van der Waals surface area contributed by atoms with Crippen molar-refractivity contribution in [3.05, 3.63) is 24.5 Å². The van der Waals surface area contributed by atoms with Crippen LogP contribution in [0.4, 0.5) is 11.5 Å². The number of fused-ring (bicyclic) bond motifs is 1. The van der Waals surface area contributed by atoms with Crippen LogP contribution in [0.15, 0.2) is 24.5 Å². The molecule has 6 nitrogen and oxygen atoms in total. The van der Waals surface area contributed by atoms with Gasteiger partial charge in [0, 0.05) is 31.7 Å². The lowest BCUT2D eigenvalue weighted by molar-refractivity contribution is -0.127. The monoisotopic (exact) mass is 273 g/mol. The Hall–Kier alpha value is -2.37. The second-order valence-corrected chi connectivity index (χ2v) is 4.78. The molecule has 1 aromatic carbocycles. The Balaban J connectivity index is 2.42. The first-order valence-electron chi connectivity index (χ1n) is 6.48. The van der Waals surface area contributed by atoms with Gasteiger partial charge in [0.15, 0.2) is 0 Å². The third kappa shape index (κ3) is 2.79. The van der Waals surface area contributed by atoms with Gasteiger partial charge in [0.05, 0.1) is 12.1 Å². The fourth-order valence-corrected chi connectivity index (χ4v) is 1.95. The minimum Gasteiger partial charge on any atom is -0.399 e. The molecule has 0 bridgehead atoms. The quantitative estimate of drug-likeness (QED) is 0.845. The van der Waals surface area contributed by atoms with E-state index in [0.717, 1.165) is 16.7 Å². The van der Waals surface area contributed by atoms with Crippen molar-refractivity contribution in [1.82, 2.24) is 14.9 Å². The molecule has 0 fully saturated rings. The highest BCUT2D eigenvalue weighted by atomic mass is 16.2. The van der Waals surface area contributed by atoms with Crippen molar-refractivity contribution in [1.29, 1.82) is 0 Å². The Morgan fingerprint density at radius 1 is 1.30 bits per heavy atom. The van der Waals surface area contributed by atoms with E-state index in [1.54, 1.807) is 19.0 Å². The predicted molar refractivity (Wildman–Crippen MR) is 80.5 cm³/mol. The topological polar surface area (TPSA) is 75.4 Å². The Kier molecular flexibility index (Phi) is 4.02. The Bertz CT molecular complexity index is 626. The van der Waals surface area contributed by atoms with E-state index in [4.69, 9.17) is 5.73 Å². The molecule has 2 aromatic rings. The smallest absolute Gasteiger partial charge is 0.241 e. The SMILES string of the molecule is CCN(CC(=O)N(C)C)c1ncnc2cc(N)ccc12. The van der Waals surface area contributed by atoms with Crippen LogP contribution in [-0.4, -0.2) is 48.0 Å². The van der Waals surface area contributed by atoms with Crippen LogP contribution in [0.2, 0.25) is 0 Å². The highest BCUT2D eigenvalue weighted by Gasteiger charge is 2.15. The minimum absolute atomic E-state index is 0.0362. The van der Waals surface area contributed by atoms with Gasteiger partial charge in [-0.15, -0.1) is 0 Å². The first-order chi connectivity index (χ1) is 9.52. The largest absolute Gasteiger partial charge is 0.399 e. The third-order valence-electron chi connectivity index (χ3n) is 3.15. The van der Waals surface area contributed by atoms with Gasteiger partial charge in [-0.3, -0.25) is 4.79 Å². The van der Waals surface area contributed by atoms with Crippen LogP contribution in [-0.2, 0) is 4.79 Å². The van der Waals surface area contributed by atoms with Crippen LogP contribution < -0.4 is 10.6 Å². The van der Waals surface area contributed by atoms with Crippen molar-refractivity contribution in [2.45, 2.75) is 6.92 Å². The van der Waals surface area contributed by atoms with E-state index in [1.807, 2.05) is 30.0 Å². The zero-order valence-electron chi connectivity index (χ0n) is 12.0. The summed E-state index contributed by atoms with van der Waals surface area (Å²) in [6.07, 6.45) is 1.50. The Labute approximate surface area is 118 Å². The van der Waals surface area contributed by atoms with Crippen LogP contribution in [0.3, 0.4) is 0 Å². The molecule has 20 heavy (non-hydrogen) atoms. The molecule has 2 N–H and O–H groups in total. The minimum atomic E-state index is 0.0362. The molecular formula is C14H19N5O. The van der Waals surface area contributed by atoms with Crippen molar-refractivity contribution in [3.63, 3.8) is 0 Å². The van der Waals surface area contributed by atoms with Gasteiger partial charge in [-0.1, -0.05) is 0 Å². The molecule has 106 valence electrons. The van der Waals surface area contributed by atoms with E-state index in [1.165, 1.54) is 6.33 Å². The molecule has 6 heteroatoms. The number of carbonyl (C=O) groups is 1. The summed E-state index contributed by atoms with van der Waals surface area (Å²) in [5.74, 6) is 0.793. The maximum Gasteiger partial charge on any atom is 0.241 e. The summed E-state index contributed by atoms with van der Waals surface area (Å²) in [6, 6.07) is 5.52. The van der Waals surface area contributed by atoms with Crippen LogP contribution >= 0.6 is 0 Å². The van der Waals surface area contributed by atoms with Gasteiger partial charge in [-0.2, -0.15) is 0 Å². The predicted octanol–water partition coefficient (Wildman–Crippen LogP) is 1.13. The summed E-state index contributed by atoms with van der Waals surface area (Å²) in [7, 11) is 3.49. The average Bonchev–Trinajstić information content (AvgIpc) is 2.43. The fraction of sp³-hybridized carbons (Fsp3) is 0.357. The second kappa shape index (κ2) is 5.73. The van der Waals surface area contributed by atoms with Gasteiger partial charge in [-0.25, -0.2) is 9.97 Å². The molecule has 1 amide bonds. The molecule has 0 radical (unpaired) electrons. The first-order valence-corrected chi connectivity index (χ1v) is 6.48. The maximum absolute atomic E-state index is 11.9. The summed E-state index contributed by atoms with van der Waals surface area (Å²) >= 11 is 0. The number of aromatic nitrogens is 2. The molecule has 1 aromatic heterocycles. The summed E-state index contributed by atoms with van der Waals surface area (Å²) < 4.78 is 0. The highest BCUT2D eigenvalue weighted by molar-refractivity contribution is 5.92. The summed E-state index contributed by atoms with van der Waals surface area (Å²) in [4.78, 5) is 23.9. The lowest BCUT2D eigenvalue weighted by Crippen LogP contribution is -2.37. The molecule has 1 heterocycles. The molecule has 0 unspecified atom stereocenters. The number of carbonyl (C=O) groups excluding carboxylic acids is 1. The standard InChI is InChI=1S/C14H19N5O/c1-4-19(8-13(20)18(2)3)14-11-6-5-10(15)7-12(11)16-9-17-14/h5-7,9H,4,8,15H2,1-3H3. The average molecular weight is 273 g/mol. The number of nitrogens with zero attached hydrogens (tertiary/aromatic N) is 4. The van der Waals surface area contributed by atoms with Crippen molar-refractivity contribution in [2.24, 2.45) is 0 Å². The van der Waals surface area contributed by atoms with Gasteiger partial charge in [-0.05, 0) is 25.1 Å². The number of amides is 1. The zero-order valence-corrected chi connectivity index (χ0v) is 12.0. The Morgan fingerprint density at radius 2 is 2.05 bits per heavy atom. The lowest BCUT2D eigenvalue weighted by atomic mass is 10.2. The molecule has 2 rings (SSSR count). The van der Waals surface area contributed by atoms with E-state index in [0.29, 0.717) is 18.8 Å². The van der Waals surface area contributed by atoms with Gasteiger partial charge in [0.2, 0.25) is 5.91 Å². The van der Waals surface area contributed by atoms with Crippen molar-refractivity contribution >= 4 is 28.3 Å². The molecule has 0 aliphatic heterocycles. The summed E-state index contributed by atoms with van der Waals surface area (Å²) in [5.41, 5.74) is 7.21. The first kappa shape index (κ1) is 14.0. The van der Waals surface area contributed by atoms with Crippen molar-refractivity contribution in [3.8, 4) is 0 Å². The van der Waals surface area contributed by atoms with Crippen LogP contribution in [0.1, 0.15) is 6.92 Å². The van der Waals surface area contributed by atoms with E-state index < -0.39 is 0 Å². The summed E-state index contributed by atoms with van der Waals surface area (Å²) in [5, 5.41) is 0.898. The molecule has 0 spiro atoms. The van der Waals surface area contributed by atoms with E-state index in [2.05, 4.69) is 9.97 Å². The van der Waals surface area contributed by atoms with Gasteiger partial charge >= 0.3 is 0 Å². The maximum atomic E-state index is 11.9. The van der Waals surface area contributed by atoms with Crippen LogP contribution in [0, 0.1) is 0 Å². The molecule has 0 aliphatic rings. The van der Waals surface area contributed by atoms with Gasteiger partial charge < -0.3 is 15.5 Å². The lowest BCUT2D eigenvalue weighted by Gasteiger charge is -2.24. The van der Waals surface area contributed by atoms with Crippen LogP contribution in [0.25, 0.3) is 10.9 Å². The summed E-state index contributed by atoms with van der Waals surface area (Å²) in [6.45, 7) is 2.98. The highest BCUT2D eigenvalue weighted by Crippen LogP contribution is 2.24. The molecular weight excluding hydrogens is 254 g/mol. The number of anilines is 2. The van der Waals surface area contributed by atoms with Crippen molar-refractivity contribution in [2.75, 3.05) is 37.8 Å². The Morgan fingerprint density at radius 3 is 2.70 bits per heavy atom. The number of nitrogens with two attached hydrogens (primary N) is 1. The third-order valence-corrected chi connectivity index (χ3v) is 3.15. The zero-order chi connectivity index (χ0) is 14.7. The fourth-order valence-electron chi connectivity index (χ4n) is 1.95. The van der Waals surface area contributed by atoms with E-state index in [-0.39, 0.29) is 5.91 Å². The molecule has 0 saturated carbocycles. The number of benzene rings is 1. The second-order valence-electron chi connectivity index (χ2n) is 4.78.